The summed E-state index contributed by atoms with van der Waals surface area (Å²) >= 11 is 15.4. The highest BCUT2D eigenvalue weighted by atomic mass is 35.5. The first-order valence-corrected chi connectivity index (χ1v) is 13.9. The lowest BCUT2D eigenvalue weighted by atomic mass is 10.2. The lowest BCUT2D eigenvalue weighted by molar-refractivity contribution is -0.657. The predicted octanol–water partition coefficient (Wildman–Crippen LogP) is 5.16. The first-order chi connectivity index (χ1) is 15.6. The number of unbranched alkanes of at least 4 members (excludes halogenated alkanes) is 1. The van der Waals surface area contributed by atoms with E-state index in [9.17, 15) is 18.3 Å². The summed E-state index contributed by atoms with van der Waals surface area (Å²) < 4.78 is 33.8. The summed E-state index contributed by atoms with van der Waals surface area (Å²) in [5, 5.41) is 12.2. The second kappa shape index (κ2) is 9.81. The Hall–Kier alpha value is -1.82. The van der Waals surface area contributed by atoms with Gasteiger partial charge in [0.15, 0.2) is 0 Å². The molecule has 2 heterocycles. The zero-order valence-corrected chi connectivity index (χ0v) is 21.0. The van der Waals surface area contributed by atoms with Crippen molar-refractivity contribution in [3.63, 3.8) is 0 Å². The maximum Gasteiger partial charge on any atom is 0.370 e. The van der Waals surface area contributed by atoms with Gasteiger partial charge in [0, 0.05) is 27.6 Å². The molecule has 0 aliphatic carbocycles. The molecule has 0 saturated carbocycles. The average Bonchev–Trinajstić information content (AvgIpc) is 3.22. The van der Waals surface area contributed by atoms with E-state index >= 15 is 0 Å². The minimum atomic E-state index is -4.01. The molecular formula is C21H19Cl2N2O5S3+. The van der Waals surface area contributed by atoms with Gasteiger partial charge in [0.2, 0.25) is 12.1 Å². The van der Waals surface area contributed by atoms with Crippen molar-refractivity contribution < 1.29 is 27.4 Å². The maximum absolute atomic E-state index is 11.6. The summed E-state index contributed by atoms with van der Waals surface area (Å²) in [4.78, 5) is 14.6. The monoisotopic (exact) mass is 545 g/mol. The Morgan fingerprint density at radius 1 is 1.12 bits per heavy atom. The standard InChI is InChI=1S/C21H18Cl2N2O5S3/c22-13-3-5-17-15(9-13)24(7-1-2-8-33(28,29)30)19(31-17)11-20-25(12-21(26)27)16-10-14(23)4-6-18(16)32-20/h3-6,9-11H,1-2,7-8,12H2,(H-,26,27,28,29,30)/p+1. The molecule has 1 aromatic heterocycles. The minimum absolute atomic E-state index is 0.211. The number of carboxylic acids is 1. The van der Waals surface area contributed by atoms with Crippen LogP contribution in [0.5, 0.6) is 0 Å². The van der Waals surface area contributed by atoms with Crippen molar-refractivity contribution in [1.29, 1.82) is 0 Å². The quantitative estimate of drug-likeness (QED) is 0.229. The molecule has 2 aromatic carbocycles. The first-order valence-electron chi connectivity index (χ1n) is 9.86. The first kappa shape index (κ1) is 24.3. The predicted molar refractivity (Wildman–Crippen MR) is 133 cm³/mol. The molecule has 3 aromatic rings. The van der Waals surface area contributed by atoms with Crippen LogP contribution < -0.4 is 9.47 Å². The van der Waals surface area contributed by atoms with E-state index in [2.05, 4.69) is 0 Å². The Morgan fingerprint density at radius 3 is 2.58 bits per heavy atom. The summed E-state index contributed by atoms with van der Waals surface area (Å²) in [6.45, 7) is 0.300. The van der Waals surface area contributed by atoms with Crippen molar-refractivity contribution in [1.82, 2.24) is 0 Å². The Labute approximate surface area is 209 Å². The van der Waals surface area contributed by atoms with Gasteiger partial charge in [-0.1, -0.05) is 46.3 Å². The van der Waals surface area contributed by atoms with Crippen molar-refractivity contribution in [2.75, 3.05) is 17.2 Å². The number of rotatable bonds is 8. The van der Waals surface area contributed by atoms with Crippen LogP contribution in [0.1, 0.15) is 17.8 Å². The number of nitrogens with zero attached hydrogens (tertiary/aromatic N) is 2. The number of halogens is 2. The normalized spacial score (nSPS) is 14.9. The second-order valence-electron chi connectivity index (χ2n) is 7.37. The molecule has 2 N–H and O–H groups in total. The van der Waals surface area contributed by atoms with Gasteiger partial charge in [-0.25, -0.2) is 4.79 Å². The summed E-state index contributed by atoms with van der Waals surface area (Å²) in [7, 11) is -4.01. The zero-order chi connectivity index (χ0) is 23.8. The van der Waals surface area contributed by atoms with Crippen LogP contribution in [-0.4, -0.2) is 36.3 Å². The summed E-state index contributed by atoms with van der Waals surface area (Å²) in [5.74, 6) is -1.26. The Kier molecular flexibility index (Phi) is 7.23. The van der Waals surface area contributed by atoms with Crippen LogP contribution in [0.25, 0.3) is 16.3 Å². The molecule has 0 atom stereocenters. The fourth-order valence-electron chi connectivity index (χ4n) is 3.55. The van der Waals surface area contributed by atoms with Crippen LogP contribution in [0.15, 0.2) is 46.3 Å². The number of thiazole rings is 1. The summed E-state index contributed by atoms with van der Waals surface area (Å²) in [6, 6.07) is 11.0. The van der Waals surface area contributed by atoms with Crippen molar-refractivity contribution in [3.8, 4) is 0 Å². The van der Waals surface area contributed by atoms with E-state index in [1.54, 1.807) is 22.8 Å². The molecule has 0 spiro atoms. The molecule has 0 fully saturated rings. The number of thioether (sulfide) groups is 1. The van der Waals surface area contributed by atoms with Gasteiger partial charge in [-0.3, -0.25) is 4.55 Å². The van der Waals surface area contributed by atoms with Gasteiger partial charge >= 0.3 is 5.97 Å². The van der Waals surface area contributed by atoms with Crippen molar-refractivity contribution in [3.05, 3.63) is 56.5 Å². The molecule has 12 heteroatoms. The van der Waals surface area contributed by atoms with E-state index in [1.807, 2.05) is 29.2 Å². The lowest BCUT2D eigenvalue weighted by Gasteiger charge is -2.20. The highest BCUT2D eigenvalue weighted by Crippen LogP contribution is 2.48. The van der Waals surface area contributed by atoms with E-state index in [0.29, 0.717) is 29.4 Å². The van der Waals surface area contributed by atoms with E-state index in [4.69, 9.17) is 27.8 Å². The highest BCUT2D eigenvalue weighted by Gasteiger charge is 2.29. The van der Waals surface area contributed by atoms with Crippen molar-refractivity contribution >= 4 is 84.4 Å². The van der Waals surface area contributed by atoms with Gasteiger partial charge < -0.3 is 10.0 Å². The smallest absolute Gasteiger partial charge is 0.370 e. The SMILES string of the molecule is O=C(O)C[n+]1c(C=C2Sc3ccc(Cl)cc3N2CCCCS(=O)(=O)O)sc2ccc(Cl)cc21. The van der Waals surface area contributed by atoms with E-state index in [0.717, 1.165) is 30.8 Å². The van der Waals surface area contributed by atoms with Crippen LogP contribution in [0.3, 0.4) is 0 Å². The molecule has 0 unspecified atom stereocenters. The molecule has 33 heavy (non-hydrogen) atoms. The fraction of sp³-hybridized carbons (Fsp3) is 0.238. The molecule has 0 bridgehead atoms. The Bertz CT molecular complexity index is 1370. The van der Waals surface area contributed by atoms with Crippen LogP contribution in [0, 0.1) is 0 Å². The molecule has 0 amide bonds. The number of anilines is 1. The van der Waals surface area contributed by atoms with Crippen molar-refractivity contribution in [2.45, 2.75) is 24.3 Å². The van der Waals surface area contributed by atoms with Gasteiger partial charge in [-0.15, -0.1) is 0 Å². The third-order valence-corrected chi connectivity index (χ3v) is 8.46. The molecule has 0 saturated heterocycles. The third kappa shape index (κ3) is 5.82. The zero-order valence-electron chi connectivity index (χ0n) is 17.1. The topological polar surface area (TPSA) is 98.8 Å². The van der Waals surface area contributed by atoms with Crippen molar-refractivity contribution in [2.24, 2.45) is 0 Å². The van der Waals surface area contributed by atoms with Gasteiger partial charge in [-0.2, -0.15) is 13.0 Å². The van der Waals surface area contributed by atoms with Gasteiger partial charge in [0.05, 0.1) is 22.5 Å². The number of hydrogen-bond donors (Lipinski definition) is 2. The van der Waals surface area contributed by atoms with E-state index < -0.39 is 16.1 Å². The molecule has 174 valence electrons. The van der Waals surface area contributed by atoms with Crippen LogP contribution in [0.4, 0.5) is 5.69 Å². The van der Waals surface area contributed by atoms with Crippen LogP contribution in [0.2, 0.25) is 10.0 Å². The second-order valence-corrected chi connectivity index (χ2v) is 11.9. The summed E-state index contributed by atoms with van der Waals surface area (Å²) in [5.41, 5.74) is 1.64. The van der Waals surface area contributed by atoms with E-state index in [1.165, 1.54) is 23.1 Å². The number of hydrogen-bond acceptors (Lipinski definition) is 6. The molecule has 4 rings (SSSR count). The average molecular weight is 546 g/mol. The van der Waals surface area contributed by atoms with Gasteiger partial charge in [0.25, 0.3) is 15.1 Å². The number of fused-ring (bicyclic) bond motifs is 2. The third-order valence-electron chi connectivity index (χ3n) is 4.96. The van der Waals surface area contributed by atoms with Gasteiger partial charge in [0.1, 0.15) is 4.70 Å². The molecule has 1 aliphatic heterocycles. The van der Waals surface area contributed by atoms with Gasteiger partial charge in [-0.05, 0) is 43.2 Å². The number of aromatic nitrogens is 1. The van der Waals surface area contributed by atoms with Crippen LogP contribution in [-0.2, 0) is 21.5 Å². The maximum atomic E-state index is 11.6. The molecule has 7 nitrogen and oxygen atoms in total. The minimum Gasteiger partial charge on any atom is -0.477 e. The molecular weight excluding hydrogens is 527 g/mol. The summed E-state index contributed by atoms with van der Waals surface area (Å²) in [6.07, 6.45) is 2.77. The molecule has 1 aliphatic rings. The number of carbonyl (C=O) groups is 1. The number of aliphatic carboxylic acids is 1. The highest BCUT2D eigenvalue weighted by molar-refractivity contribution is 8.03. The lowest BCUT2D eigenvalue weighted by Crippen LogP contribution is -2.39. The Morgan fingerprint density at radius 2 is 1.85 bits per heavy atom. The Balaban J connectivity index is 1.72. The largest absolute Gasteiger partial charge is 0.477 e. The number of benzene rings is 2. The van der Waals surface area contributed by atoms with E-state index in [-0.39, 0.29) is 12.3 Å². The van der Waals surface area contributed by atoms with Crippen LogP contribution >= 0.6 is 46.3 Å². The number of carboxylic acid groups (broad SMARTS) is 1. The fourth-order valence-corrected chi connectivity index (χ4v) is 6.71. The molecule has 0 radical (unpaired) electrons.